The molecule has 0 aromatic rings. The van der Waals surface area contributed by atoms with Gasteiger partial charge in [0.25, 0.3) is 29.9 Å². The molecule has 0 spiro atoms. The normalized spacial score (nSPS) is 7.63. The molecule has 0 aliphatic heterocycles. The Labute approximate surface area is 172 Å². The van der Waals surface area contributed by atoms with Gasteiger partial charge in [0.2, 0.25) is 0 Å². The van der Waals surface area contributed by atoms with Gasteiger partial charge in [-0.25, -0.2) is 0 Å². The van der Waals surface area contributed by atoms with E-state index in [-0.39, 0.29) is 0 Å². The summed E-state index contributed by atoms with van der Waals surface area (Å²) < 4.78 is 0. The molecule has 0 atom stereocenters. The molecule has 0 fully saturated rings. The number of carbonyl (C=O) groups is 4. The maximum atomic E-state index is 9.00. The topological polar surface area (TPSA) is 349 Å². The molecule has 0 aromatic heterocycles. The molecule has 0 saturated heterocycles. The summed E-state index contributed by atoms with van der Waals surface area (Å²) in [7, 11) is -2.17. The van der Waals surface area contributed by atoms with Gasteiger partial charge in [-0.1, -0.05) is 0 Å². The van der Waals surface area contributed by atoms with Crippen molar-refractivity contribution in [3.63, 3.8) is 0 Å². The van der Waals surface area contributed by atoms with Crippen LogP contribution in [0.15, 0.2) is 0 Å². The molecule has 17 nitrogen and oxygen atoms in total. The van der Waals surface area contributed by atoms with Gasteiger partial charge in [-0.05, 0) is 0 Å². The number of aliphatic hydroxyl groups is 3. The highest BCUT2D eigenvalue weighted by molar-refractivity contribution is 6.30. The van der Waals surface area contributed by atoms with Crippen molar-refractivity contribution in [2.24, 2.45) is 17.2 Å². The third-order valence-corrected chi connectivity index (χ3v) is 0.441. The molecule has 0 bridgehead atoms. The van der Waals surface area contributed by atoms with Crippen LogP contribution < -0.4 is 17.2 Å². The Kier molecular flexibility index (Phi) is 57.3. The van der Waals surface area contributed by atoms with Gasteiger partial charge in [-0.15, -0.1) is 0 Å². The Balaban J connectivity index is -0.0000000414. The molecule has 18 heteroatoms. The minimum absolute atomic E-state index is 0.562. The van der Waals surface area contributed by atoms with Crippen LogP contribution in [0.25, 0.3) is 0 Å². The van der Waals surface area contributed by atoms with Gasteiger partial charge in [-0.2, -0.15) is 0 Å². The van der Waals surface area contributed by atoms with Crippen LogP contribution in [0.2, 0.25) is 0 Å². The average Bonchev–Trinajstić information content (AvgIpc) is 2.43. The number of hydrogen-bond donors (Lipinski definition) is 13. The van der Waals surface area contributed by atoms with Crippen LogP contribution in [0.4, 0.5) is 0 Å². The van der Waals surface area contributed by atoms with Crippen LogP contribution in [-0.4, -0.2) is 108 Å². The monoisotopic (exact) mass is 455 g/mol. The van der Waals surface area contributed by atoms with Crippen molar-refractivity contribution in [3.8, 4) is 0 Å². The van der Waals surface area contributed by atoms with Crippen LogP contribution in [0, 0.1) is 0 Å². The molecule has 30 heavy (non-hydrogen) atoms. The number of nitrogens with two attached hydrogens (primary N) is 3. The molecular weight excluding hydrogens is 421 g/mol. The smallest absolute Gasteiger partial charge is 0.481 e. The molecule has 184 valence electrons. The summed E-state index contributed by atoms with van der Waals surface area (Å²) in [6, 6.07) is 0. The van der Waals surface area contributed by atoms with E-state index in [0.29, 0.717) is 13.1 Å². The third-order valence-electron chi connectivity index (χ3n) is 0.441. The molecule has 0 aliphatic rings. The highest BCUT2D eigenvalue weighted by Gasteiger charge is 2.12. The van der Waals surface area contributed by atoms with Crippen molar-refractivity contribution in [1.82, 2.24) is 0 Å². The number of carboxylic acid groups (broad SMARTS) is 4. The van der Waals surface area contributed by atoms with E-state index in [1.54, 1.807) is 0 Å². The van der Waals surface area contributed by atoms with Crippen molar-refractivity contribution < 1.29 is 70.0 Å². The summed E-state index contributed by atoms with van der Waals surface area (Å²) in [5, 5.41) is 74.6. The lowest BCUT2D eigenvalue weighted by Gasteiger charge is -2.07. The lowest BCUT2D eigenvalue weighted by atomic mass is 10.3. The van der Waals surface area contributed by atoms with Crippen LogP contribution >= 0.6 is 0 Å². The molecular formula is C12H34BN3O14. The van der Waals surface area contributed by atoms with E-state index in [4.69, 9.17) is 81.5 Å². The number of hydrogen-bond acceptors (Lipinski definition) is 13. The summed E-state index contributed by atoms with van der Waals surface area (Å²) in [4.78, 5) is 36.0. The van der Waals surface area contributed by atoms with E-state index in [0.717, 1.165) is 27.7 Å². The quantitative estimate of drug-likeness (QED) is 0.136. The molecule has 0 radical (unpaired) electrons. The van der Waals surface area contributed by atoms with E-state index >= 15 is 0 Å². The summed E-state index contributed by atoms with van der Waals surface area (Å²) >= 11 is 0. The lowest BCUT2D eigenvalue weighted by molar-refractivity contribution is -0.302. The molecule has 0 aromatic carbocycles. The minimum atomic E-state index is -2.68. The maximum absolute atomic E-state index is 9.00. The number of rotatable bonds is 2. The van der Waals surface area contributed by atoms with E-state index in [2.05, 4.69) is 5.73 Å². The van der Waals surface area contributed by atoms with E-state index in [1.165, 1.54) is 0 Å². The Morgan fingerprint density at radius 1 is 0.633 bits per heavy atom. The molecule has 0 heterocycles. The maximum Gasteiger partial charge on any atom is 0.631 e. The second-order valence-corrected chi connectivity index (χ2v) is 3.98. The van der Waals surface area contributed by atoms with Gasteiger partial charge in [-0.3, -0.25) is 19.2 Å². The second-order valence-electron chi connectivity index (χ2n) is 3.98. The zero-order valence-corrected chi connectivity index (χ0v) is 17.0. The minimum Gasteiger partial charge on any atom is -0.481 e. The Hall–Kier alpha value is -2.42. The molecule has 0 unspecified atom stereocenters. The molecule has 0 amide bonds. The number of carboxylic acids is 4. The first-order valence-electron chi connectivity index (χ1n) is 7.23. The molecule has 16 N–H and O–H groups in total. The van der Waals surface area contributed by atoms with Crippen molar-refractivity contribution in [3.05, 3.63) is 0 Å². The zero-order valence-electron chi connectivity index (χ0n) is 17.0. The lowest BCUT2D eigenvalue weighted by Crippen LogP contribution is -2.36. The predicted octanol–water partition coefficient (Wildman–Crippen LogP) is -5.21. The highest BCUT2D eigenvalue weighted by atomic mass is 16.7. The summed E-state index contributed by atoms with van der Waals surface area (Å²) in [5.74, 6) is -6.01. The largest absolute Gasteiger partial charge is 0.631 e. The molecule has 0 rings (SSSR count). The highest BCUT2D eigenvalue weighted by Crippen LogP contribution is 1.82. The Bertz CT molecular complexity index is 322. The van der Waals surface area contributed by atoms with Gasteiger partial charge < -0.3 is 68.0 Å². The van der Waals surface area contributed by atoms with Crippen molar-refractivity contribution in [2.75, 3.05) is 19.6 Å². The van der Waals surface area contributed by atoms with Crippen molar-refractivity contribution in [2.45, 2.75) is 33.7 Å². The first kappa shape index (κ1) is 46.0. The van der Waals surface area contributed by atoms with Crippen LogP contribution in [0.5, 0.6) is 0 Å². The first-order valence-corrected chi connectivity index (χ1v) is 7.23. The van der Waals surface area contributed by atoms with Crippen LogP contribution in [0.3, 0.4) is 0 Å². The number of aliphatic carboxylic acids is 4. The predicted molar refractivity (Wildman–Crippen MR) is 102 cm³/mol. The zero-order chi connectivity index (χ0) is 26.5. The Morgan fingerprint density at radius 3 is 0.700 bits per heavy atom. The van der Waals surface area contributed by atoms with Gasteiger partial charge >= 0.3 is 7.32 Å². The summed E-state index contributed by atoms with van der Waals surface area (Å²) in [5.41, 5.74) is 14.4. The van der Waals surface area contributed by atoms with Gasteiger partial charge in [0.1, 0.15) is 0 Å². The van der Waals surface area contributed by atoms with E-state index in [9.17, 15) is 0 Å². The summed E-state index contributed by atoms with van der Waals surface area (Å²) in [6.45, 7) is 4.97. The average molecular weight is 455 g/mol. The van der Waals surface area contributed by atoms with Crippen molar-refractivity contribution in [1.29, 1.82) is 0 Å². The van der Waals surface area contributed by atoms with Crippen LogP contribution in [-0.2, 0) is 19.2 Å². The standard InChI is InChI=1S/C2H8N2.C2H7NO3.4C2H4O2.BH3O3/c3-1-2-4;3-1-2(4,5)6;4*1-2(3)4;2-1(3)4/h1-4H2;4-6H,1,3H2;4*1H3,(H,3,4);2-4H. The SMILES string of the molecule is CC(=O)O.CC(=O)O.CC(=O)O.CC(=O)O.NCC(O)(O)O.NCCN.OB(O)O. The first-order chi connectivity index (χ1) is 13.1. The van der Waals surface area contributed by atoms with Gasteiger partial charge in [0.15, 0.2) is 0 Å². The van der Waals surface area contributed by atoms with Gasteiger partial charge in [0.05, 0.1) is 6.54 Å². The van der Waals surface area contributed by atoms with Gasteiger partial charge in [0, 0.05) is 40.8 Å². The summed E-state index contributed by atoms with van der Waals surface area (Å²) in [6.07, 6.45) is 0. The fraction of sp³-hybridized carbons (Fsp3) is 0.667. The fourth-order valence-electron chi connectivity index (χ4n) is 0. The van der Waals surface area contributed by atoms with E-state index in [1.807, 2.05) is 0 Å². The Morgan fingerprint density at radius 2 is 0.700 bits per heavy atom. The van der Waals surface area contributed by atoms with Crippen LogP contribution in [0.1, 0.15) is 27.7 Å². The molecule has 0 aliphatic carbocycles. The van der Waals surface area contributed by atoms with Crippen molar-refractivity contribution >= 4 is 31.2 Å². The second kappa shape index (κ2) is 37.4. The third kappa shape index (κ3) is 6160. The molecule has 0 saturated carbocycles. The van der Waals surface area contributed by atoms with E-state index < -0.39 is 43.7 Å². The fourth-order valence-corrected chi connectivity index (χ4v) is 0.